The molecule has 0 saturated carbocycles. The molecule has 23 heavy (non-hydrogen) atoms. The highest BCUT2D eigenvalue weighted by Crippen LogP contribution is 2.57. The second-order valence-corrected chi connectivity index (χ2v) is 6.88. The summed E-state index contributed by atoms with van der Waals surface area (Å²) in [6.45, 7) is 5.15. The van der Waals surface area contributed by atoms with Crippen LogP contribution in [0.3, 0.4) is 0 Å². The Morgan fingerprint density at radius 3 is 2.17 bits per heavy atom. The highest BCUT2D eigenvalue weighted by molar-refractivity contribution is 6.23. The smallest absolute Gasteiger partial charge is 0.241 e. The number of benzene rings is 1. The summed E-state index contributed by atoms with van der Waals surface area (Å²) in [6, 6.07) is 6.65. The van der Waals surface area contributed by atoms with Crippen LogP contribution >= 0.6 is 0 Å². The molecule has 2 saturated heterocycles. The van der Waals surface area contributed by atoms with Crippen LogP contribution in [0.25, 0.3) is 0 Å². The molecule has 3 aliphatic rings. The summed E-state index contributed by atoms with van der Waals surface area (Å²) in [6.07, 6.45) is 3.77. The van der Waals surface area contributed by atoms with Crippen LogP contribution in [0, 0.1) is 11.8 Å². The first-order chi connectivity index (χ1) is 10.8. The number of anilines is 1. The number of hydrogen-bond acceptors (Lipinski definition) is 4. The van der Waals surface area contributed by atoms with Crippen LogP contribution in [0.2, 0.25) is 0 Å². The monoisotopic (exact) mass is 311 g/mol. The van der Waals surface area contributed by atoms with E-state index in [2.05, 4.69) is 0 Å². The van der Waals surface area contributed by atoms with Gasteiger partial charge in [0.15, 0.2) is 5.78 Å². The van der Waals surface area contributed by atoms with E-state index in [1.807, 2.05) is 26.0 Å². The molecule has 0 aromatic heterocycles. The third-order valence-electron chi connectivity index (χ3n) is 5.24. The third-order valence-corrected chi connectivity index (χ3v) is 5.24. The molecule has 0 N–H and O–H groups in total. The van der Waals surface area contributed by atoms with Crippen molar-refractivity contribution in [2.24, 2.45) is 11.8 Å². The zero-order valence-electron chi connectivity index (χ0n) is 13.2. The fourth-order valence-electron chi connectivity index (χ4n) is 4.15. The molecule has 118 valence electrons. The Bertz CT molecular complexity index is 762. The van der Waals surface area contributed by atoms with E-state index in [0.29, 0.717) is 11.3 Å². The summed E-state index contributed by atoms with van der Waals surface area (Å²) in [5, 5.41) is 0. The van der Waals surface area contributed by atoms with Gasteiger partial charge in [-0.25, -0.2) is 4.90 Å². The van der Waals surface area contributed by atoms with Crippen molar-refractivity contribution >= 4 is 23.3 Å². The van der Waals surface area contributed by atoms with E-state index in [1.165, 1.54) is 11.8 Å². The van der Waals surface area contributed by atoms with Gasteiger partial charge < -0.3 is 4.74 Å². The number of imide groups is 1. The van der Waals surface area contributed by atoms with E-state index in [9.17, 15) is 14.4 Å². The number of carbonyl (C=O) groups excluding carboxylic acids is 3. The van der Waals surface area contributed by atoms with Gasteiger partial charge in [0.25, 0.3) is 0 Å². The van der Waals surface area contributed by atoms with Crippen molar-refractivity contribution in [2.75, 3.05) is 4.90 Å². The predicted octanol–water partition coefficient (Wildman–Crippen LogP) is 2.11. The van der Waals surface area contributed by atoms with Crippen molar-refractivity contribution in [3.05, 3.63) is 42.0 Å². The fraction of sp³-hybridized carbons (Fsp3) is 0.389. The lowest BCUT2D eigenvalue weighted by molar-refractivity contribution is -0.128. The maximum Gasteiger partial charge on any atom is 0.241 e. The van der Waals surface area contributed by atoms with E-state index in [0.717, 1.165) is 0 Å². The Kier molecular flexibility index (Phi) is 2.60. The molecule has 5 heteroatoms. The molecule has 3 aliphatic heterocycles. The molecule has 3 heterocycles. The van der Waals surface area contributed by atoms with Crippen LogP contribution in [-0.2, 0) is 14.3 Å². The summed E-state index contributed by atoms with van der Waals surface area (Å²) in [4.78, 5) is 38.6. The molecule has 2 bridgehead atoms. The normalized spacial score (nSPS) is 37.6. The number of rotatable bonds is 2. The number of ketones is 1. The van der Waals surface area contributed by atoms with Crippen LogP contribution in [0.4, 0.5) is 5.69 Å². The van der Waals surface area contributed by atoms with Crippen molar-refractivity contribution in [1.29, 1.82) is 0 Å². The number of ether oxygens (including phenoxy) is 1. The van der Waals surface area contributed by atoms with Gasteiger partial charge in [0.2, 0.25) is 11.8 Å². The van der Waals surface area contributed by atoms with Crippen LogP contribution in [0.1, 0.15) is 31.1 Å². The predicted molar refractivity (Wildman–Crippen MR) is 83.0 cm³/mol. The highest BCUT2D eigenvalue weighted by atomic mass is 16.5. The number of Topliss-reactive ketones (excluding diaryl/α,β-unsaturated/α-hetero) is 1. The van der Waals surface area contributed by atoms with Crippen molar-refractivity contribution < 1.29 is 19.1 Å². The van der Waals surface area contributed by atoms with Gasteiger partial charge >= 0.3 is 0 Å². The minimum absolute atomic E-state index is 0.102. The lowest BCUT2D eigenvalue weighted by Crippen LogP contribution is -2.39. The average molecular weight is 311 g/mol. The quantitative estimate of drug-likeness (QED) is 0.477. The average Bonchev–Trinajstić information content (AvgIpc) is 3.04. The summed E-state index contributed by atoms with van der Waals surface area (Å²) in [7, 11) is 0. The van der Waals surface area contributed by atoms with Gasteiger partial charge in [-0.2, -0.15) is 0 Å². The maximum atomic E-state index is 12.9. The number of carbonyl (C=O) groups is 3. The topological polar surface area (TPSA) is 63.7 Å². The SMILES string of the molecule is CC(=O)c1cccc(N2C(=O)[C@H]3[C@H](C2=O)[C@]2(C)C=C[C@]3(C)O2)c1. The van der Waals surface area contributed by atoms with Gasteiger partial charge in [0, 0.05) is 5.56 Å². The van der Waals surface area contributed by atoms with E-state index < -0.39 is 23.0 Å². The Morgan fingerprint density at radius 1 is 1.09 bits per heavy atom. The Hall–Kier alpha value is -2.27. The number of amides is 2. The summed E-state index contributed by atoms with van der Waals surface area (Å²) in [5.41, 5.74) is -0.540. The van der Waals surface area contributed by atoms with Crippen molar-refractivity contribution in [3.8, 4) is 0 Å². The minimum Gasteiger partial charge on any atom is -0.359 e. The van der Waals surface area contributed by atoms with Gasteiger partial charge in [-0.3, -0.25) is 14.4 Å². The molecule has 0 radical (unpaired) electrons. The molecule has 1 aromatic rings. The summed E-state index contributed by atoms with van der Waals surface area (Å²) < 4.78 is 5.97. The van der Waals surface area contributed by atoms with Crippen molar-refractivity contribution in [3.63, 3.8) is 0 Å². The first-order valence-corrected chi connectivity index (χ1v) is 7.66. The third kappa shape index (κ3) is 1.68. The molecule has 4 atom stereocenters. The first-order valence-electron chi connectivity index (χ1n) is 7.66. The van der Waals surface area contributed by atoms with Crippen LogP contribution in [-0.4, -0.2) is 28.8 Å². The van der Waals surface area contributed by atoms with E-state index in [-0.39, 0.29) is 17.6 Å². The maximum absolute atomic E-state index is 12.9. The zero-order valence-corrected chi connectivity index (χ0v) is 13.2. The van der Waals surface area contributed by atoms with Crippen molar-refractivity contribution in [1.82, 2.24) is 0 Å². The number of hydrogen-bond donors (Lipinski definition) is 0. The first kappa shape index (κ1) is 14.3. The zero-order chi connectivity index (χ0) is 16.6. The lowest BCUT2D eigenvalue weighted by atomic mass is 9.73. The van der Waals surface area contributed by atoms with E-state index in [1.54, 1.807) is 24.3 Å². The molecule has 0 spiro atoms. The van der Waals surface area contributed by atoms with Gasteiger partial charge in [-0.05, 0) is 32.9 Å². The highest BCUT2D eigenvalue weighted by Gasteiger charge is 2.70. The van der Waals surface area contributed by atoms with Crippen LogP contribution in [0.15, 0.2) is 36.4 Å². The van der Waals surface area contributed by atoms with Crippen LogP contribution in [0.5, 0.6) is 0 Å². The van der Waals surface area contributed by atoms with E-state index >= 15 is 0 Å². The van der Waals surface area contributed by atoms with Gasteiger partial charge in [0.05, 0.1) is 28.7 Å². The lowest BCUT2D eigenvalue weighted by Gasteiger charge is -2.25. The van der Waals surface area contributed by atoms with Gasteiger partial charge in [-0.15, -0.1) is 0 Å². The minimum atomic E-state index is -0.737. The second-order valence-electron chi connectivity index (χ2n) is 6.88. The van der Waals surface area contributed by atoms with E-state index in [4.69, 9.17) is 4.74 Å². The Balaban J connectivity index is 1.79. The van der Waals surface area contributed by atoms with Crippen LogP contribution < -0.4 is 4.90 Å². The largest absolute Gasteiger partial charge is 0.359 e. The molecular formula is C18H17NO4. The van der Waals surface area contributed by atoms with Crippen molar-refractivity contribution in [2.45, 2.75) is 32.0 Å². The molecule has 4 rings (SSSR count). The molecular weight excluding hydrogens is 294 g/mol. The number of fused-ring (bicyclic) bond motifs is 5. The molecule has 5 nitrogen and oxygen atoms in total. The molecule has 0 aliphatic carbocycles. The Labute approximate surface area is 133 Å². The van der Waals surface area contributed by atoms with Gasteiger partial charge in [0.1, 0.15) is 0 Å². The molecule has 0 unspecified atom stereocenters. The molecule has 2 fully saturated rings. The summed E-state index contributed by atoms with van der Waals surface area (Å²) in [5.74, 6) is -1.63. The van der Waals surface area contributed by atoms with Gasteiger partial charge in [-0.1, -0.05) is 24.3 Å². The number of nitrogens with zero attached hydrogens (tertiary/aromatic N) is 1. The summed E-state index contributed by atoms with van der Waals surface area (Å²) >= 11 is 0. The molecule has 2 amide bonds. The standard InChI is InChI=1S/C18H17NO4/c1-10(20)11-5-4-6-12(9-11)19-15(21)13-14(16(19)22)18(3)8-7-17(13,2)23-18/h4-9,13-14H,1-3H3/t13-,14-,17+,18+/m1/s1. The fourth-order valence-corrected chi connectivity index (χ4v) is 4.15. The molecule has 1 aromatic carbocycles. The Morgan fingerprint density at radius 2 is 1.65 bits per heavy atom. The second kappa shape index (κ2) is 4.17.